The Morgan fingerprint density at radius 1 is 1.17 bits per heavy atom. The Morgan fingerprint density at radius 3 is 2.22 bits per heavy atom. The van der Waals surface area contributed by atoms with Crippen LogP contribution in [0.25, 0.3) is 0 Å². The van der Waals surface area contributed by atoms with E-state index >= 15 is 0 Å². The summed E-state index contributed by atoms with van der Waals surface area (Å²) in [5.41, 5.74) is 0. The van der Waals surface area contributed by atoms with Crippen molar-refractivity contribution in [2.45, 2.75) is 43.9 Å². The summed E-state index contributed by atoms with van der Waals surface area (Å²) in [5.74, 6) is 0. The summed E-state index contributed by atoms with van der Waals surface area (Å²) in [7, 11) is -3.30. The summed E-state index contributed by atoms with van der Waals surface area (Å²) < 4.78 is 27.7. The number of sulfonamides is 1. The fourth-order valence-corrected chi connectivity index (χ4v) is 6.19. The fourth-order valence-electron chi connectivity index (χ4n) is 2.28. The van der Waals surface area contributed by atoms with E-state index < -0.39 is 10.0 Å². The number of aryl methyl sites for hydroxylation is 1. The molecule has 1 aromatic heterocycles. The van der Waals surface area contributed by atoms with Crippen molar-refractivity contribution in [3.63, 3.8) is 0 Å². The Morgan fingerprint density at radius 2 is 1.72 bits per heavy atom. The first-order valence-corrected chi connectivity index (χ1v) is 9.33. The highest BCUT2D eigenvalue weighted by Crippen LogP contribution is 2.32. The zero-order valence-corrected chi connectivity index (χ0v) is 13.7. The second kappa shape index (κ2) is 6.03. The van der Waals surface area contributed by atoms with Gasteiger partial charge in [-0.2, -0.15) is 4.31 Å². The number of hydrogen-bond donors (Lipinski definition) is 0. The minimum atomic E-state index is -3.30. The van der Waals surface area contributed by atoms with E-state index in [4.69, 9.17) is 0 Å². The van der Waals surface area contributed by atoms with Crippen LogP contribution in [-0.4, -0.2) is 25.8 Å². The predicted molar refractivity (Wildman–Crippen MR) is 78.6 cm³/mol. The first kappa shape index (κ1) is 14.5. The van der Waals surface area contributed by atoms with Crippen molar-refractivity contribution in [1.82, 2.24) is 4.31 Å². The third kappa shape index (κ3) is 3.15. The van der Waals surface area contributed by atoms with Gasteiger partial charge in [-0.1, -0.05) is 19.3 Å². The summed E-state index contributed by atoms with van der Waals surface area (Å²) in [6, 6.07) is 1.73. The number of nitrogens with zero attached hydrogens (tertiary/aromatic N) is 1. The lowest BCUT2D eigenvalue weighted by Crippen LogP contribution is -2.33. The summed E-state index contributed by atoms with van der Waals surface area (Å²) in [6.07, 6.45) is 5.46. The Balaban J connectivity index is 2.26. The topological polar surface area (TPSA) is 37.4 Å². The summed E-state index contributed by atoms with van der Waals surface area (Å²) in [4.78, 5) is 1.34. The molecule has 0 N–H and O–H groups in total. The minimum absolute atomic E-state index is 0.472. The molecule has 1 saturated heterocycles. The lowest BCUT2D eigenvalue weighted by Gasteiger charge is -2.24. The molecular weight excluding hydrogens is 334 g/mol. The molecule has 0 bridgehead atoms. The van der Waals surface area contributed by atoms with Gasteiger partial charge in [0.15, 0.2) is 0 Å². The van der Waals surface area contributed by atoms with Gasteiger partial charge in [0.2, 0.25) is 10.0 Å². The van der Waals surface area contributed by atoms with E-state index in [1.54, 1.807) is 10.4 Å². The van der Waals surface area contributed by atoms with Crippen LogP contribution in [0.15, 0.2) is 14.7 Å². The first-order chi connectivity index (χ1) is 8.51. The third-order valence-electron chi connectivity index (χ3n) is 3.28. The van der Waals surface area contributed by atoms with Crippen molar-refractivity contribution in [3.05, 3.63) is 14.7 Å². The molecule has 0 radical (unpaired) electrons. The third-order valence-corrected chi connectivity index (χ3v) is 6.98. The maximum atomic E-state index is 12.6. The van der Waals surface area contributed by atoms with Crippen LogP contribution in [0.1, 0.15) is 37.0 Å². The molecule has 0 amide bonds. The zero-order chi connectivity index (χ0) is 13.2. The van der Waals surface area contributed by atoms with Crippen molar-refractivity contribution in [3.8, 4) is 0 Å². The van der Waals surface area contributed by atoms with Crippen LogP contribution in [0, 0.1) is 6.92 Å². The maximum Gasteiger partial charge on any atom is 0.244 e. The first-order valence-electron chi connectivity index (χ1n) is 6.28. The molecule has 0 spiro atoms. The molecule has 2 heterocycles. The van der Waals surface area contributed by atoms with Gasteiger partial charge in [-0.15, -0.1) is 11.3 Å². The Bertz CT molecular complexity index is 502. The summed E-state index contributed by atoms with van der Waals surface area (Å²) in [5, 5.41) is 0. The molecule has 0 aromatic carbocycles. The van der Waals surface area contributed by atoms with Gasteiger partial charge in [-0.3, -0.25) is 0 Å². The quantitative estimate of drug-likeness (QED) is 0.812. The summed E-state index contributed by atoms with van der Waals surface area (Å²) >= 11 is 4.84. The van der Waals surface area contributed by atoms with Gasteiger partial charge >= 0.3 is 0 Å². The second-order valence-electron chi connectivity index (χ2n) is 4.64. The van der Waals surface area contributed by atoms with Crippen LogP contribution in [0.3, 0.4) is 0 Å². The highest BCUT2D eigenvalue weighted by Gasteiger charge is 2.27. The maximum absolute atomic E-state index is 12.6. The zero-order valence-electron chi connectivity index (χ0n) is 10.5. The molecule has 3 nitrogen and oxygen atoms in total. The molecule has 1 aromatic rings. The standard InChI is InChI=1S/C12H18BrNO2S2/c1-10-11(9-12(13)17-10)18(15,16)14-7-5-3-2-4-6-8-14/h9H,2-8H2,1H3. The van der Waals surface area contributed by atoms with E-state index in [-0.39, 0.29) is 0 Å². The number of thiophene rings is 1. The number of halogens is 1. The Kier molecular flexibility index (Phi) is 4.86. The Labute approximate surface area is 121 Å². The number of rotatable bonds is 2. The van der Waals surface area contributed by atoms with Gasteiger partial charge in [0.1, 0.15) is 0 Å². The molecule has 102 valence electrons. The van der Waals surface area contributed by atoms with Crippen molar-refractivity contribution in [2.24, 2.45) is 0 Å². The van der Waals surface area contributed by atoms with Gasteiger partial charge in [0, 0.05) is 18.0 Å². The minimum Gasteiger partial charge on any atom is -0.207 e. The van der Waals surface area contributed by atoms with Crippen LogP contribution < -0.4 is 0 Å². The largest absolute Gasteiger partial charge is 0.244 e. The fraction of sp³-hybridized carbons (Fsp3) is 0.667. The van der Waals surface area contributed by atoms with Crippen LogP contribution in [0.5, 0.6) is 0 Å². The summed E-state index contributed by atoms with van der Waals surface area (Å²) in [6.45, 7) is 3.19. The van der Waals surface area contributed by atoms with Gasteiger partial charge in [-0.05, 0) is 41.8 Å². The van der Waals surface area contributed by atoms with E-state index in [2.05, 4.69) is 15.9 Å². The molecule has 2 rings (SSSR count). The van der Waals surface area contributed by atoms with E-state index in [0.717, 1.165) is 34.3 Å². The second-order valence-corrected chi connectivity index (χ2v) is 9.18. The van der Waals surface area contributed by atoms with Gasteiger partial charge in [0.05, 0.1) is 8.68 Å². The van der Waals surface area contributed by atoms with Gasteiger partial charge in [0.25, 0.3) is 0 Å². The smallest absolute Gasteiger partial charge is 0.207 e. The molecule has 1 aliphatic rings. The normalized spacial score (nSPS) is 19.4. The average molecular weight is 352 g/mol. The predicted octanol–water partition coefficient (Wildman–Crippen LogP) is 3.77. The van der Waals surface area contributed by atoms with E-state index in [9.17, 15) is 8.42 Å². The van der Waals surface area contributed by atoms with Crippen molar-refractivity contribution in [1.29, 1.82) is 0 Å². The lowest BCUT2D eigenvalue weighted by molar-refractivity contribution is 0.364. The molecule has 6 heteroatoms. The number of hydrogen-bond acceptors (Lipinski definition) is 3. The molecule has 1 fully saturated rings. The molecule has 1 aliphatic heterocycles. The van der Waals surface area contributed by atoms with Gasteiger partial charge in [-0.25, -0.2) is 8.42 Å². The van der Waals surface area contributed by atoms with Crippen molar-refractivity contribution < 1.29 is 8.42 Å². The molecule has 0 unspecified atom stereocenters. The highest BCUT2D eigenvalue weighted by molar-refractivity contribution is 9.11. The molecule has 0 atom stereocenters. The van der Waals surface area contributed by atoms with Crippen molar-refractivity contribution in [2.75, 3.05) is 13.1 Å². The van der Waals surface area contributed by atoms with E-state index in [1.165, 1.54) is 17.8 Å². The lowest BCUT2D eigenvalue weighted by atomic mass is 10.1. The van der Waals surface area contributed by atoms with E-state index in [1.807, 2.05) is 6.92 Å². The van der Waals surface area contributed by atoms with Crippen molar-refractivity contribution >= 4 is 37.3 Å². The van der Waals surface area contributed by atoms with Crippen LogP contribution >= 0.6 is 27.3 Å². The van der Waals surface area contributed by atoms with Crippen LogP contribution in [0.4, 0.5) is 0 Å². The van der Waals surface area contributed by atoms with Gasteiger partial charge < -0.3 is 0 Å². The Hall–Kier alpha value is 0.0900. The monoisotopic (exact) mass is 351 g/mol. The molecule has 18 heavy (non-hydrogen) atoms. The molecular formula is C12H18BrNO2S2. The van der Waals surface area contributed by atoms with E-state index in [0.29, 0.717) is 18.0 Å². The van der Waals surface area contributed by atoms with Crippen LogP contribution in [0.2, 0.25) is 0 Å². The highest BCUT2D eigenvalue weighted by atomic mass is 79.9. The van der Waals surface area contributed by atoms with Crippen LogP contribution in [-0.2, 0) is 10.0 Å². The molecule has 0 saturated carbocycles. The SMILES string of the molecule is Cc1sc(Br)cc1S(=O)(=O)N1CCCCCCC1. The average Bonchev–Trinajstić information content (AvgIpc) is 2.57. The molecule has 0 aliphatic carbocycles.